The minimum Gasteiger partial charge on any atom is -0.389 e. The predicted octanol–water partition coefficient (Wildman–Crippen LogP) is 1.28. The first kappa shape index (κ1) is 12.6. The van der Waals surface area contributed by atoms with Crippen LogP contribution in [0.1, 0.15) is 12.5 Å². The Kier molecular flexibility index (Phi) is 6.59. The molecule has 0 aliphatic rings. The number of nitrogens with one attached hydrogen (secondary N) is 1. The maximum Gasteiger partial charge on any atom is 0.0897 e. The van der Waals surface area contributed by atoms with Crippen LogP contribution in [0.25, 0.3) is 0 Å². The number of ether oxygens (including phenoxy) is 1. The van der Waals surface area contributed by atoms with Gasteiger partial charge in [-0.05, 0) is 42.3 Å². The van der Waals surface area contributed by atoms with Crippen molar-refractivity contribution in [2.45, 2.75) is 19.4 Å². The van der Waals surface area contributed by atoms with Crippen LogP contribution in [0.4, 0.5) is 0 Å². The van der Waals surface area contributed by atoms with Crippen LogP contribution in [0.2, 0.25) is 0 Å². The molecule has 1 atom stereocenters. The summed E-state index contributed by atoms with van der Waals surface area (Å²) in [5.74, 6) is 0. The number of aliphatic hydroxyl groups is 1. The lowest BCUT2D eigenvalue weighted by atomic mass is 10.2. The van der Waals surface area contributed by atoms with E-state index in [4.69, 9.17) is 4.74 Å². The Labute approximate surface area is 95.1 Å². The third-order valence-electron chi connectivity index (χ3n) is 2.06. The average Bonchev–Trinajstić information content (AvgIpc) is 2.74. The summed E-state index contributed by atoms with van der Waals surface area (Å²) in [5, 5.41) is 16.9. The molecule has 0 aromatic carbocycles. The number of rotatable bonds is 8. The Morgan fingerprint density at radius 1 is 1.60 bits per heavy atom. The largest absolute Gasteiger partial charge is 0.389 e. The van der Waals surface area contributed by atoms with Crippen molar-refractivity contribution in [1.29, 1.82) is 0 Å². The van der Waals surface area contributed by atoms with Gasteiger partial charge < -0.3 is 15.2 Å². The highest BCUT2D eigenvalue weighted by Gasteiger charge is 2.02. The average molecular weight is 229 g/mol. The lowest BCUT2D eigenvalue weighted by Crippen LogP contribution is -2.31. The Hall–Kier alpha value is -0.420. The molecule has 1 heterocycles. The van der Waals surface area contributed by atoms with Gasteiger partial charge in [0.05, 0.1) is 12.7 Å². The molecule has 1 aromatic rings. The Bertz CT molecular complexity index is 239. The van der Waals surface area contributed by atoms with Gasteiger partial charge in [-0.15, -0.1) is 0 Å². The van der Waals surface area contributed by atoms with E-state index in [1.807, 2.05) is 6.92 Å². The Balaban J connectivity index is 1.97. The number of thiophene rings is 1. The maximum atomic E-state index is 9.45. The van der Waals surface area contributed by atoms with Gasteiger partial charge >= 0.3 is 0 Å². The molecule has 15 heavy (non-hydrogen) atoms. The van der Waals surface area contributed by atoms with Gasteiger partial charge in [0.2, 0.25) is 0 Å². The molecule has 0 saturated carbocycles. The van der Waals surface area contributed by atoms with Gasteiger partial charge in [0.15, 0.2) is 0 Å². The second-order valence-electron chi connectivity index (χ2n) is 3.40. The topological polar surface area (TPSA) is 41.5 Å². The third kappa shape index (κ3) is 5.89. The van der Waals surface area contributed by atoms with Gasteiger partial charge in [-0.2, -0.15) is 11.3 Å². The van der Waals surface area contributed by atoms with E-state index < -0.39 is 6.10 Å². The van der Waals surface area contributed by atoms with Crippen molar-refractivity contribution in [1.82, 2.24) is 5.32 Å². The molecule has 1 unspecified atom stereocenters. The molecule has 0 amide bonds. The van der Waals surface area contributed by atoms with Crippen molar-refractivity contribution in [2.75, 3.05) is 26.3 Å². The molecule has 0 fully saturated rings. The molecule has 0 bridgehead atoms. The molecule has 1 rings (SSSR count). The fourth-order valence-corrected chi connectivity index (χ4v) is 1.95. The summed E-state index contributed by atoms with van der Waals surface area (Å²) >= 11 is 1.72. The van der Waals surface area contributed by atoms with Crippen LogP contribution in [-0.2, 0) is 11.2 Å². The van der Waals surface area contributed by atoms with Gasteiger partial charge in [-0.1, -0.05) is 0 Å². The minimum absolute atomic E-state index is 0.396. The normalized spacial score (nSPS) is 12.9. The summed E-state index contributed by atoms with van der Waals surface area (Å²) in [4.78, 5) is 0. The maximum absolute atomic E-state index is 9.45. The molecule has 86 valence electrons. The van der Waals surface area contributed by atoms with Crippen molar-refractivity contribution in [3.05, 3.63) is 22.4 Å². The zero-order valence-corrected chi connectivity index (χ0v) is 9.93. The number of aliphatic hydroxyl groups excluding tert-OH is 1. The number of hydrogen-bond acceptors (Lipinski definition) is 4. The molecule has 0 saturated heterocycles. The molecule has 3 nitrogen and oxygen atoms in total. The lowest BCUT2D eigenvalue weighted by molar-refractivity contribution is 0.0430. The first-order valence-corrected chi connectivity index (χ1v) is 6.24. The molecular weight excluding hydrogens is 210 g/mol. The van der Waals surface area contributed by atoms with Crippen LogP contribution < -0.4 is 5.32 Å². The highest BCUT2D eigenvalue weighted by Crippen LogP contribution is 2.05. The van der Waals surface area contributed by atoms with Crippen molar-refractivity contribution in [3.8, 4) is 0 Å². The monoisotopic (exact) mass is 229 g/mol. The molecule has 0 spiro atoms. The quantitative estimate of drug-likeness (QED) is 0.660. The highest BCUT2D eigenvalue weighted by molar-refractivity contribution is 7.07. The molecule has 2 N–H and O–H groups in total. The van der Waals surface area contributed by atoms with E-state index in [2.05, 4.69) is 22.1 Å². The van der Waals surface area contributed by atoms with E-state index in [1.165, 1.54) is 5.56 Å². The van der Waals surface area contributed by atoms with Crippen LogP contribution in [-0.4, -0.2) is 37.5 Å². The van der Waals surface area contributed by atoms with E-state index in [1.54, 1.807) is 11.3 Å². The van der Waals surface area contributed by atoms with E-state index in [0.717, 1.165) is 13.0 Å². The van der Waals surface area contributed by atoms with Crippen molar-refractivity contribution < 1.29 is 9.84 Å². The van der Waals surface area contributed by atoms with Crippen molar-refractivity contribution in [2.24, 2.45) is 0 Å². The van der Waals surface area contributed by atoms with Crippen LogP contribution in [0.3, 0.4) is 0 Å². The zero-order valence-electron chi connectivity index (χ0n) is 9.11. The van der Waals surface area contributed by atoms with E-state index >= 15 is 0 Å². The fourth-order valence-electron chi connectivity index (χ4n) is 1.25. The third-order valence-corrected chi connectivity index (χ3v) is 2.80. The molecule has 4 heteroatoms. The van der Waals surface area contributed by atoms with E-state index in [9.17, 15) is 5.11 Å². The summed E-state index contributed by atoms with van der Waals surface area (Å²) in [6.45, 7) is 4.51. The second kappa shape index (κ2) is 7.82. The first-order chi connectivity index (χ1) is 7.33. The summed E-state index contributed by atoms with van der Waals surface area (Å²) in [7, 11) is 0. The van der Waals surface area contributed by atoms with E-state index in [-0.39, 0.29) is 0 Å². The lowest BCUT2D eigenvalue weighted by Gasteiger charge is -2.11. The molecule has 0 radical (unpaired) electrons. The molecular formula is C11H19NO2S. The Morgan fingerprint density at radius 3 is 3.13 bits per heavy atom. The van der Waals surface area contributed by atoms with Gasteiger partial charge in [-0.3, -0.25) is 0 Å². The SMILES string of the molecule is CCOCC(O)CNCCc1ccsc1. The minimum atomic E-state index is -0.396. The number of hydrogen-bond donors (Lipinski definition) is 2. The summed E-state index contributed by atoms with van der Waals surface area (Å²) < 4.78 is 5.11. The van der Waals surface area contributed by atoms with Gasteiger partial charge in [0, 0.05) is 13.2 Å². The molecule has 0 aliphatic heterocycles. The van der Waals surface area contributed by atoms with Crippen LogP contribution >= 0.6 is 11.3 Å². The van der Waals surface area contributed by atoms with Crippen LogP contribution in [0.15, 0.2) is 16.8 Å². The first-order valence-electron chi connectivity index (χ1n) is 5.30. The standard InChI is InChI=1S/C11H19NO2S/c1-2-14-8-11(13)7-12-5-3-10-4-6-15-9-10/h4,6,9,11-13H,2-3,5,7-8H2,1H3. The second-order valence-corrected chi connectivity index (χ2v) is 4.18. The molecule has 0 aliphatic carbocycles. The summed E-state index contributed by atoms with van der Waals surface area (Å²) in [5.41, 5.74) is 1.35. The van der Waals surface area contributed by atoms with Gasteiger partial charge in [0.1, 0.15) is 0 Å². The van der Waals surface area contributed by atoms with Crippen molar-refractivity contribution in [3.63, 3.8) is 0 Å². The van der Waals surface area contributed by atoms with Gasteiger partial charge in [-0.25, -0.2) is 0 Å². The van der Waals surface area contributed by atoms with Crippen molar-refractivity contribution >= 4 is 11.3 Å². The smallest absolute Gasteiger partial charge is 0.0897 e. The molecule has 1 aromatic heterocycles. The summed E-state index contributed by atoms with van der Waals surface area (Å²) in [6, 6.07) is 2.13. The predicted molar refractivity (Wildman–Crippen MR) is 63.4 cm³/mol. The highest BCUT2D eigenvalue weighted by atomic mass is 32.1. The van der Waals surface area contributed by atoms with Crippen LogP contribution in [0.5, 0.6) is 0 Å². The van der Waals surface area contributed by atoms with Crippen LogP contribution in [0, 0.1) is 0 Å². The summed E-state index contributed by atoms with van der Waals surface area (Å²) in [6.07, 6.45) is 0.623. The van der Waals surface area contributed by atoms with Gasteiger partial charge in [0.25, 0.3) is 0 Å². The Morgan fingerprint density at radius 2 is 2.47 bits per heavy atom. The van der Waals surface area contributed by atoms with E-state index in [0.29, 0.717) is 19.8 Å². The zero-order chi connectivity index (χ0) is 10.9. The fraction of sp³-hybridized carbons (Fsp3) is 0.636.